The molecule has 0 fully saturated rings. The summed E-state index contributed by atoms with van der Waals surface area (Å²) in [5, 5.41) is 0. The molecule has 0 aliphatic carbocycles. The summed E-state index contributed by atoms with van der Waals surface area (Å²) < 4.78 is 9.43. The maximum atomic E-state index is 11.1. The van der Waals surface area contributed by atoms with Crippen LogP contribution in [0, 0.1) is 0 Å². The largest absolute Gasteiger partial charge is 0.460 e. The van der Waals surface area contributed by atoms with E-state index in [2.05, 4.69) is 11.3 Å². The fourth-order valence-electron chi connectivity index (χ4n) is 0.749. The summed E-state index contributed by atoms with van der Waals surface area (Å²) in [6.07, 6.45) is 1.09. The van der Waals surface area contributed by atoms with E-state index in [1.807, 2.05) is 0 Å². The van der Waals surface area contributed by atoms with E-state index < -0.39 is 17.5 Å². The third-order valence-electron chi connectivity index (χ3n) is 1.17. The van der Waals surface area contributed by atoms with Gasteiger partial charge in [0, 0.05) is 0 Å². The van der Waals surface area contributed by atoms with Crippen molar-refractivity contribution in [1.82, 2.24) is 0 Å². The molecule has 0 amide bonds. The molecule has 14 heavy (non-hydrogen) atoms. The van der Waals surface area contributed by atoms with Gasteiger partial charge in [-0.05, 0) is 20.8 Å². The Kier molecular flexibility index (Phi) is 4.91. The maximum absolute atomic E-state index is 11.1. The highest BCUT2D eigenvalue weighted by Gasteiger charge is 2.17. The minimum Gasteiger partial charge on any atom is -0.460 e. The zero-order valence-corrected chi connectivity index (χ0v) is 8.83. The monoisotopic (exact) mass is 200 g/mol. The van der Waals surface area contributed by atoms with Crippen molar-refractivity contribution in [3.05, 3.63) is 12.8 Å². The second-order valence-corrected chi connectivity index (χ2v) is 3.74. The average Bonchev–Trinajstić information content (AvgIpc) is 1.98. The van der Waals surface area contributed by atoms with Crippen LogP contribution in [-0.2, 0) is 19.1 Å². The third kappa shape index (κ3) is 7.34. The number of ether oxygens (including phenoxy) is 2. The summed E-state index contributed by atoms with van der Waals surface area (Å²) in [6.45, 7) is 8.54. The lowest BCUT2D eigenvalue weighted by Crippen LogP contribution is -2.24. The van der Waals surface area contributed by atoms with Crippen molar-refractivity contribution >= 4 is 11.9 Å². The number of esters is 2. The van der Waals surface area contributed by atoms with Gasteiger partial charge >= 0.3 is 11.9 Å². The lowest BCUT2D eigenvalue weighted by molar-refractivity contribution is -0.157. The van der Waals surface area contributed by atoms with Gasteiger partial charge in [0.2, 0.25) is 0 Å². The Balaban J connectivity index is 3.75. The molecule has 0 aromatic heterocycles. The number of carbonyl (C=O) groups excluding carboxylic acids is 2. The summed E-state index contributed by atoms with van der Waals surface area (Å²) in [7, 11) is 0. The van der Waals surface area contributed by atoms with Crippen LogP contribution in [-0.4, -0.2) is 17.5 Å². The van der Waals surface area contributed by atoms with Crippen molar-refractivity contribution in [2.45, 2.75) is 39.2 Å². The standard InChI is InChI=1S/C10H16O4/c1-5-13-8(11)6-7-9(12)14-10(2,3)4/h5H,1,6-7H2,2-4H3. The van der Waals surface area contributed by atoms with Crippen LogP contribution in [0.25, 0.3) is 0 Å². The molecule has 0 aliphatic rings. The second-order valence-electron chi connectivity index (χ2n) is 3.74. The first-order valence-corrected chi connectivity index (χ1v) is 4.37. The molecule has 0 aromatic rings. The van der Waals surface area contributed by atoms with E-state index in [9.17, 15) is 9.59 Å². The fraction of sp³-hybridized carbons (Fsp3) is 0.600. The van der Waals surface area contributed by atoms with Crippen LogP contribution >= 0.6 is 0 Å². The number of hydrogen-bond acceptors (Lipinski definition) is 4. The number of carbonyl (C=O) groups is 2. The average molecular weight is 200 g/mol. The van der Waals surface area contributed by atoms with E-state index in [1.165, 1.54) is 0 Å². The zero-order chi connectivity index (χ0) is 11.2. The first-order chi connectivity index (χ1) is 6.35. The van der Waals surface area contributed by atoms with Crippen LogP contribution in [0.4, 0.5) is 0 Å². The van der Waals surface area contributed by atoms with Crippen LogP contribution in [0.3, 0.4) is 0 Å². The molecule has 0 saturated heterocycles. The molecular weight excluding hydrogens is 184 g/mol. The summed E-state index contributed by atoms with van der Waals surface area (Å²) in [6, 6.07) is 0. The molecule has 0 atom stereocenters. The Morgan fingerprint density at radius 1 is 1.21 bits per heavy atom. The van der Waals surface area contributed by atoms with Crippen LogP contribution in [0.1, 0.15) is 33.6 Å². The Labute approximate surface area is 83.9 Å². The van der Waals surface area contributed by atoms with Gasteiger partial charge in [0.05, 0.1) is 19.1 Å². The normalized spacial score (nSPS) is 10.5. The van der Waals surface area contributed by atoms with Crippen molar-refractivity contribution < 1.29 is 19.1 Å². The summed E-state index contributed by atoms with van der Waals surface area (Å²) in [5.41, 5.74) is -0.514. The van der Waals surface area contributed by atoms with Gasteiger partial charge in [0.15, 0.2) is 0 Å². The van der Waals surface area contributed by atoms with Gasteiger partial charge < -0.3 is 9.47 Å². The molecule has 80 valence electrons. The highest BCUT2D eigenvalue weighted by atomic mass is 16.6. The lowest BCUT2D eigenvalue weighted by Gasteiger charge is -2.19. The second kappa shape index (κ2) is 5.42. The molecule has 4 nitrogen and oxygen atoms in total. The van der Waals surface area contributed by atoms with E-state index in [4.69, 9.17) is 4.74 Å². The molecule has 0 bridgehead atoms. The van der Waals surface area contributed by atoms with Gasteiger partial charge in [-0.3, -0.25) is 9.59 Å². The summed E-state index contributed by atoms with van der Waals surface area (Å²) in [5.74, 6) is -0.885. The van der Waals surface area contributed by atoms with Gasteiger partial charge in [0.25, 0.3) is 0 Å². The van der Waals surface area contributed by atoms with Gasteiger partial charge in [-0.15, -0.1) is 0 Å². The topological polar surface area (TPSA) is 52.6 Å². The van der Waals surface area contributed by atoms with Gasteiger partial charge in [0.1, 0.15) is 5.60 Å². The Morgan fingerprint density at radius 2 is 1.71 bits per heavy atom. The third-order valence-corrected chi connectivity index (χ3v) is 1.17. The molecule has 0 saturated carbocycles. The quantitative estimate of drug-likeness (QED) is 0.513. The number of hydrogen-bond donors (Lipinski definition) is 0. The van der Waals surface area contributed by atoms with E-state index in [0.717, 1.165) is 6.26 Å². The molecule has 0 unspecified atom stereocenters. The Hall–Kier alpha value is -1.32. The molecular formula is C10H16O4. The Morgan fingerprint density at radius 3 is 2.14 bits per heavy atom. The van der Waals surface area contributed by atoms with E-state index >= 15 is 0 Å². The molecule has 0 heterocycles. The van der Waals surface area contributed by atoms with Crippen LogP contribution in [0.15, 0.2) is 12.8 Å². The highest BCUT2D eigenvalue weighted by Crippen LogP contribution is 2.09. The molecule has 0 aliphatic heterocycles. The van der Waals surface area contributed by atoms with Crippen molar-refractivity contribution in [1.29, 1.82) is 0 Å². The van der Waals surface area contributed by atoms with Gasteiger partial charge in [-0.1, -0.05) is 6.58 Å². The smallest absolute Gasteiger partial charge is 0.311 e. The number of rotatable bonds is 4. The van der Waals surface area contributed by atoms with Gasteiger partial charge in [-0.25, -0.2) is 0 Å². The minimum absolute atomic E-state index is 0.0148. The fourth-order valence-corrected chi connectivity index (χ4v) is 0.749. The molecule has 0 rings (SSSR count). The van der Waals surface area contributed by atoms with Crippen molar-refractivity contribution in [3.63, 3.8) is 0 Å². The van der Waals surface area contributed by atoms with Crippen LogP contribution in [0.5, 0.6) is 0 Å². The zero-order valence-electron chi connectivity index (χ0n) is 8.83. The highest BCUT2D eigenvalue weighted by molar-refractivity contribution is 5.78. The Bertz CT molecular complexity index is 225. The van der Waals surface area contributed by atoms with Crippen molar-refractivity contribution in [3.8, 4) is 0 Å². The summed E-state index contributed by atoms with van der Waals surface area (Å²) >= 11 is 0. The van der Waals surface area contributed by atoms with E-state index in [0.29, 0.717) is 0 Å². The molecule has 0 radical (unpaired) electrons. The van der Waals surface area contributed by atoms with Crippen molar-refractivity contribution in [2.75, 3.05) is 0 Å². The summed E-state index contributed by atoms with van der Waals surface area (Å²) in [4.78, 5) is 21.9. The molecule has 0 spiro atoms. The van der Waals surface area contributed by atoms with E-state index in [-0.39, 0.29) is 12.8 Å². The van der Waals surface area contributed by atoms with Crippen molar-refractivity contribution in [2.24, 2.45) is 0 Å². The van der Waals surface area contributed by atoms with E-state index in [1.54, 1.807) is 20.8 Å². The SMILES string of the molecule is C=COC(=O)CCC(=O)OC(C)(C)C. The van der Waals surface area contributed by atoms with Gasteiger partial charge in [-0.2, -0.15) is 0 Å². The molecule has 0 aromatic carbocycles. The molecule has 4 heteroatoms. The molecule has 0 N–H and O–H groups in total. The minimum atomic E-state index is -0.514. The predicted octanol–water partition coefficient (Wildman–Crippen LogP) is 1.79. The first kappa shape index (κ1) is 12.7. The maximum Gasteiger partial charge on any atom is 0.311 e. The lowest BCUT2D eigenvalue weighted by atomic mass is 10.2. The first-order valence-electron chi connectivity index (χ1n) is 4.37. The van der Waals surface area contributed by atoms with Crippen LogP contribution in [0.2, 0.25) is 0 Å². The van der Waals surface area contributed by atoms with Crippen LogP contribution < -0.4 is 0 Å². The predicted molar refractivity (Wildman–Crippen MR) is 51.4 cm³/mol.